The Morgan fingerprint density at radius 1 is 1.15 bits per heavy atom. The molecule has 0 saturated heterocycles. The number of hydrogen-bond acceptors (Lipinski definition) is 5. The number of nitrogens with one attached hydrogen (secondary N) is 1. The first kappa shape index (κ1) is 23.8. The molecule has 2 aromatic carbocycles. The van der Waals surface area contributed by atoms with Gasteiger partial charge >= 0.3 is 6.18 Å². The maximum absolute atomic E-state index is 13.2. The summed E-state index contributed by atoms with van der Waals surface area (Å²) in [7, 11) is 0. The summed E-state index contributed by atoms with van der Waals surface area (Å²) in [5.41, 5.74) is 2.23. The van der Waals surface area contributed by atoms with Crippen molar-refractivity contribution in [3.8, 4) is 6.07 Å². The number of halogens is 3. The maximum atomic E-state index is 13.2. The zero-order valence-corrected chi connectivity index (χ0v) is 18.9. The number of nitriles is 1. The highest BCUT2D eigenvalue weighted by Gasteiger charge is 2.33. The second-order valence-corrected chi connectivity index (χ2v) is 8.85. The highest BCUT2D eigenvalue weighted by atomic mass is 32.2. The molecule has 1 aliphatic heterocycles. The Hall–Kier alpha value is -3.35. The Kier molecular flexibility index (Phi) is 7.20. The van der Waals surface area contributed by atoms with Crippen LogP contribution in [0.3, 0.4) is 0 Å². The van der Waals surface area contributed by atoms with Crippen molar-refractivity contribution in [2.24, 2.45) is 0 Å². The number of amides is 1. The molecule has 0 bridgehead atoms. The number of benzene rings is 2. The van der Waals surface area contributed by atoms with Crippen LogP contribution in [-0.2, 0) is 30.5 Å². The van der Waals surface area contributed by atoms with Gasteiger partial charge in [0.25, 0.3) is 0 Å². The number of thioether (sulfide) groups is 1. The van der Waals surface area contributed by atoms with Crippen LogP contribution < -0.4 is 5.32 Å². The Morgan fingerprint density at radius 2 is 1.88 bits per heavy atom. The van der Waals surface area contributed by atoms with Crippen molar-refractivity contribution in [1.29, 1.82) is 5.26 Å². The van der Waals surface area contributed by atoms with Crippen molar-refractivity contribution >= 4 is 23.4 Å². The average molecular weight is 483 g/mol. The largest absolute Gasteiger partial charge is 0.418 e. The molecule has 34 heavy (non-hydrogen) atoms. The molecule has 0 aliphatic carbocycles. The normalized spacial score (nSPS) is 13.7. The third kappa shape index (κ3) is 5.76. The van der Waals surface area contributed by atoms with Crippen LogP contribution in [0.5, 0.6) is 0 Å². The molecule has 1 amide bonds. The minimum Gasteiger partial charge on any atom is -0.325 e. The van der Waals surface area contributed by atoms with Gasteiger partial charge in [-0.05, 0) is 29.3 Å². The summed E-state index contributed by atoms with van der Waals surface area (Å²) < 4.78 is 39.5. The van der Waals surface area contributed by atoms with Gasteiger partial charge in [-0.25, -0.2) is 4.98 Å². The summed E-state index contributed by atoms with van der Waals surface area (Å²) in [6, 6.07) is 18.9. The van der Waals surface area contributed by atoms with E-state index in [0.717, 1.165) is 42.2 Å². The number of aromatic nitrogens is 1. The fourth-order valence-electron chi connectivity index (χ4n) is 3.84. The molecule has 0 fully saturated rings. The molecule has 9 heteroatoms. The molecule has 0 radical (unpaired) electrons. The molecule has 0 saturated carbocycles. The van der Waals surface area contributed by atoms with Crippen molar-refractivity contribution in [3.63, 3.8) is 0 Å². The van der Waals surface area contributed by atoms with Crippen molar-refractivity contribution < 1.29 is 18.0 Å². The lowest BCUT2D eigenvalue weighted by Gasteiger charge is -2.28. The predicted octanol–water partition coefficient (Wildman–Crippen LogP) is 5.26. The first-order chi connectivity index (χ1) is 16.3. The van der Waals surface area contributed by atoms with Crippen LogP contribution >= 0.6 is 11.8 Å². The number of carbonyl (C=O) groups is 1. The first-order valence-corrected chi connectivity index (χ1v) is 11.6. The van der Waals surface area contributed by atoms with Crippen LogP contribution in [0, 0.1) is 11.3 Å². The molecule has 174 valence electrons. The van der Waals surface area contributed by atoms with Crippen molar-refractivity contribution in [1.82, 2.24) is 9.88 Å². The number of nitrogens with zero attached hydrogens (tertiary/aromatic N) is 3. The van der Waals surface area contributed by atoms with Gasteiger partial charge in [-0.3, -0.25) is 9.69 Å². The van der Waals surface area contributed by atoms with Crippen LogP contribution in [0.4, 0.5) is 18.9 Å². The summed E-state index contributed by atoms with van der Waals surface area (Å²) in [6.45, 7) is 2.30. The van der Waals surface area contributed by atoms with Crippen molar-refractivity contribution in [3.05, 3.63) is 88.6 Å². The number of alkyl halides is 3. The first-order valence-electron chi connectivity index (χ1n) is 10.6. The van der Waals surface area contributed by atoms with Gasteiger partial charge in [0.1, 0.15) is 11.1 Å². The van der Waals surface area contributed by atoms with Gasteiger partial charge in [0.2, 0.25) is 5.91 Å². The monoisotopic (exact) mass is 482 g/mol. The number of hydrogen-bond donors (Lipinski definition) is 1. The van der Waals surface area contributed by atoms with Crippen LogP contribution in [0.1, 0.15) is 27.9 Å². The summed E-state index contributed by atoms with van der Waals surface area (Å²) in [4.78, 5) is 19.3. The minimum atomic E-state index is -4.57. The van der Waals surface area contributed by atoms with Crippen molar-refractivity contribution in [2.45, 2.75) is 30.7 Å². The van der Waals surface area contributed by atoms with E-state index >= 15 is 0 Å². The Balaban J connectivity index is 1.42. The molecule has 4 rings (SSSR count). The van der Waals surface area contributed by atoms with Gasteiger partial charge in [-0.1, -0.05) is 54.2 Å². The van der Waals surface area contributed by atoms with Crippen LogP contribution in [0.15, 0.2) is 65.7 Å². The van der Waals surface area contributed by atoms with Gasteiger partial charge in [-0.15, -0.1) is 0 Å². The lowest BCUT2D eigenvalue weighted by molar-refractivity contribution is -0.137. The number of carbonyl (C=O) groups excluding carboxylic acids is 1. The van der Waals surface area contributed by atoms with E-state index in [2.05, 4.69) is 33.4 Å². The number of fused-ring (bicyclic) bond motifs is 1. The molecule has 0 spiro atoms. The van der Waals surface area contributed by atoms with E-state index in [-0.39, 0.29) is 11.4 Å². The van der Waals surface area contributed by atoms with Gasteiger partial charge in [-0.2, -0.15) is 18.4 Å². The van der Waals surface area contributed by atoms with Crippen LogP contribution in [0.25, 0.3) is 0 Å². The second-order valence-electron chi connectivity index (χ2n) is 7.89. The second kappa shape index (κ2) is 10.3. The fourth-order valence-corrected chi connectivity index (χ4v) is 4.61. The Bertz CT molecular complexity index is 1230. The lowest BCUT2D eigenvalue weighted by Crippen LogP contribution is -2.31. The number of anilines is 1. The molecule has 0 unspecified atom stereocenters. The summed E-state index contributed by atoms with van der Waals surface area (Å²) in [5.74, 6) is -0.758. The smallest absolute Gasteiger partial charge is 0.325 e. The van der Waals surface area contributed by atoms with Gasteiger partial charge < -0.3 is 5.32 Å². The number of para-hydroxylation sites is 1. The number of rotatable bonds is 6. The molecule has 1 aromatic heterocycles. The molecule has 2 heterocycles. The molecular formula is C25H21F3N4OS. The molecular weight excluding hydrogens is 461 g/mol. The van der Waals surface area contributed by atoms with Crippen LogP contribution in [-0.4, -0.2) is 28.1 Å². The third-order valence-electron chi connectivity index (χ3n) is 5.43. The van der Waals surface area contributed by atoms with Gasteiger partial charge in [0, 0.05) is 31.7 Å². The Labute approximate surface area is 199 Å². The molecule has 1 aliphatic rings. The maximum Gasteiger partial charge on any atom is 0.418 e. The van der Waals surface area contributed by atoms with E-state index in [1.165, 1.54) is 23.8 Å². The topological polar surface area (TPSA) is 69.0 Å². The molecule has 3 aromatic rings. The van der Waals surface area contributed by atoms with E-state index in [0.29, 0.717) is 23.6 Å². The fraction of sp³-hybridized carbons (Fsp3) is 0.240. The standard InChI is InChI=1S/C25H21F3N4OS/c26-25(27,28)20-8-4-5-9-22(20)30-23(33)16-34-24-18(13-29)12-19-15-32(11-10-21(19)31-24)14-17-6-2-1-3-7-17/h1-9,12H,10-11,14-16H2,(H,30,33). The van der Waals surface area contributed by atoms with E-state index in [9.17, 15) is 23.2 Å². The zero-order chi connectivity index (χ0) is 24.1. The lowest BCUT2D eigenvalue weighted by atomic mass is 10.0. The van der Waals surface area contributed by atoms with Crippen LogP contribution in [0.2, 0.25) is 0 Å². The Morgan fingerprint density at radius 3 is 2.62 bits per heavy atom. The zero-order valence-electron chi connectivity index (χ0n) is 18.1. The van der Waals surface area contributed by atoms with E-state index in [1.54, 1.807) is 6.07 Å². The minimum absolute atomic E-state index is 0.160. The highest BCUT2D eigenvalue weighted by molar-refractivity contribution is 8.00. The van der Waals surface area contributed by atoms with E-state index in [1.807, 2.05) is 18.2 Å². The summed E-state index contributed by atoms with van der Waals surface area (Å²) in [6.07, 6.45) is -3.86. The van der Waals surface area contributed by atoms with E-state index < -0.39 is 17.6 Å². The quantitative estimate of drug-likeness (QED) is 0.486. The summed E-state index contributed by atoms with van der Waals surface area (Å²) >= 11 is 1.05. The number of pyridine rings is 1. The average Bonchev–Trinajstić information content (AvgIpc) is 2.82. The molecule has 0 atom stereocenters. The molecule has 1 N–H and O–H groups in total. The highest BCUT2D eigenvalue weighted by Crippen LogP contribution is 2.35. The SMILES string of the molecule is N#Cc1cc2c(nc1SCC(=O)Nc1ccccc1C(F)(F)F)CCN(Cc1ccccc1)C2. The third-order valence-corrected chi connectivity index (χ3v) is 6.42. The van der Waals surface area contributed by atoms with Gasteiger partial charge in [0.05, 0.1) is 22.6 Å². The van der Waals surface area contributed by atoms with Crippen molar-refractivity contribution in [2.75, 3.05) is 17.6 Å². The van der Waals surface area contributed by atoms with Gasteiger partial charge in [0.15, 0.2) is 0 Å². The van der Waals surface area contributed by atoms with E-state index in [4.69, 9.17) is 0 Å². The summed E-state index contributed by atoms with van der Waals surface area (Å²) in [5, 5.41) is 12.3. The predicted molar refractivity (Wildman–Crippen MR) is 124 cm³/mol. The molecule has 5 nitrogen and oxygen atoms in total.